The van der Waals surface area contributed by atoms with Gasteiger partial charge in [-0.2, -0.15) is 0 Å². The smallest absolute Gasteiger partial charge is 0.227 e. The molecule has 1 aliphatic heterocycles. The highest BCUT2D eigenvalue weighted by Gasteiger charge is 2.38. The summed E-state index contributed by atoms with van der Waals surface area (Å²) in [5, 5.41) is 4.32. The van der Waals surface area contributed by atoms with Gasteiger partial charge >= 0.3 is 0 Å². The molecule has 0 atom stereocenters. The monoisotopic (exact) mass is 315 g/mol. The number of nitrogens with one attached hydrogen (secondary N) is 2. The quantitative estimate of drug-likeness (QED) is 0.788. The third-order valence-corrected chi connectivity index (χ3v) is 5.01. The van der Waals surface area contributed by atoms with Gasteiger partial charge in [0.1, 0.15) is 0 Å². The van der Waals surface area contributed by atoms with Crippen LogP contribution < -0.4 is 11.1 Å². The van der Waals surface area contributed by atoms with Crippen molar-refractivity contribution < 1.29 is 9.53 Å². The van der Waals surface area contributed by atoms with Gasteiger partial charge in [-0.1, -0.05) is 18.2 Å². The van der Waals surface area contributed by atoms with E-state index in [2.05, 4.69) is 29.4 Å². The fourth-order valence-electron chi connectivity index (χ4n) is 3.43. The first kappa shape index (κ1) is 16.0. The molecule has 1 saturated heterocycles. The molecule has 1 aromatic heterocycles. The number of carbonyl (C=O) groups is 1. The number of ether oxygens (including phenoxy) is 1. The van der Waals surface area contributed by atoms with E-state index in [1.807, 2.05) is 12.1 Å². The lowest BCUT2D eigenvalue weighted by atomic mass is 9.79. The summed E-state index contributed by atoms with van der Waals surface area (Å²) in [5.41, 5.74) is 9.02. The molecule has 1 aromatic carbocycles. The molecule has 1 fully saturated rings. The number of hydrogen-bond donors (Lipinski definition) is 3. The summed E-state index contributed by atoms with van der Waals surface area (Å²) in [4.78, 5) is 16.0. The molecule has 124 valence electrons. The molecule has 0 saturated carbocycles. The molecule has 2 aromatic rings. The predicted molar refractivity (Wildman–Crippen MR) is 91.3 cm³/mol. The van der Waals surface area contributed by atoms with Crippen molar-refractivity contribution in [2.24, 2.45) is 11.1 Å². The summed E-state index contributed by atoms with van der Waals surface area (Å²) < 4.78 is 5.36. The third-order valence-electron chi connectivity index (χ3n) is 5.01. The molecule has 1 amide bonds. The molecule has 3 rings (SSSR count). The fraction of sp³-hybridized carbons (Fsp3) is 0.500. The lowest BCUT2D eigenvalue weighted by Gasteiger charge is -2.34. The van der Waals surface area contributed by atoms with Gasteiger partial charge in [0.25, 0.3) is 0 Å². The standard InChI is InChI=1S/C18H25N3O2/c1-13-14(15-4-2-3-5-16(15)21-13)6-9-20-17(22)18(12-19)7-10-23-11-8-18/h2-5,21H,6-12,19H2,1H3,(H,20,22). The first-order valence-electron chi connectivity index (χ1n) is 8.28. The minimum atomic E-state index is -0.451. The second-order valence-electron chi connectivity index (χ2n) is 6.38. The molecule has 0 unspecified atom stereocenters. The summed E-state index contributed by atoms with van der Waals surface area (Å²) in [7, 11) is 0. The maximum absolute atomic E-state index is 12.6. The molecule has 0 radical (unpaired) electrons. The zero-order chi connectivity index (χ0) is 16.3. The minimum Gasteiger partial charge on any atom is -0.381 e. The first-order valence-corrected chi connectivity index (χ1v) is 8.28. The largest absolute Gasteiger partial charge is 0.381 e. The van der Waals surface area contributed by atoms with E-state index in [1.165, 1.54) is 16.6 Å². The van der Waals surface area contributed by atoms with E-state index in [-0.39, 0.29) is 5.91 Å². The van der Waals surface area contributed by atoms with Crippen LogP contribution in [0.1, 0.15) is 24.1 Å². The van der Waals surface area contributed by atoms with Crippen LogP contribution in [-0.4, -0.2) is 37.2 Å². The van der Waals surface area contributed by atoms with Gasteiger partial charge in [-0.05, 0) is 37.8 Å². The highest BCUT2D eigenvalue weighted by atomic mass is 16.5. The Labute approximate surface area is 136 Å². The Morgan fingerprint density at radius 1 is 1.35 bits per heavy atom. The predicted octanol–water partition coefficient (Wildman–Crippen LogP) is 1.89. The molecular formula is C18H25N3O2. The molecule has 0 aliphatic carbocycles. The van der Waals surface area contributed by atoms with Crippen LogP contribution in [0.2, 0.25) is 0 Å². The van der Waals surface area contributed by atoms with Crippen molar-refractivity contribution in [1.29, 1.82) is 0 Å². The van der Waals surface area contributed by atoms with E-state index >= 15 is 0 Å². The number of aromatic nitrogens is 1. The average molecular weight is 315 g/mol. The van der Waals surface area contributed by atoms with Gasteiger partial charge in [0.15, 0.2) is 0 Å². The maximum Gasteiger partial charge on any atom is 0.227 e. The van der Waals surface area contributed by atoms with Gasteiger partial charge < -0.3 is 20.8 Å². The number of benzene rings is 1. The summed E-state index contributed by atoms with van der Waals surface area (Å²) in [6.45, 7) is 4.33. The second-order valence-corrected chi connectivity index (χ2v) is 6.38. The van der Waals surface area contributed by atoms with Gasteiger partial charge in [0.05, 0.1) is 5.41 Å². The van der Waals surface area contributed by atoms with Crippen LogP contribution in [0, 0.1) is 12.3 Å². The third kappa shape index (κ3) is 3.12. The Kier molecular flexibility index (Phi) is 4.68. The first-order chi connectivity index (χ1) is 11.2. The van der Waals surface area contributed by atoms with Gasteiger partial charge in [0.2, 0.25) is 5.91 Å². The van der Waals surface area contributed by atoms with E-state index in [1.54, 1.807) is 0 Å². The number of aryl methyl sites for hydroxylation is 1. The number of fused-ring (bicyclic) bond motifs is 1. The van der Waals surface area contributed by atoms with Crippen molar-refractivity contribution in [3.63, 3.8) is 0 Å². The Bertz CT molecular complexity index is 687. The normalized spacial score (nSPS) is 17.3. The summed E-state index contributed by atoms with van der Waals surface area (Å²) in [6, 6.07) is 8.27. The van der Waals surface area contributed by atoms with E-state index in [0.717, 1.165) is 11.9 Å². The number of para-hydroxylation sites is 1. The number of hydrogen-bond acceptors (Lipinski definition) is 3. The number of aromatic amines is 1. The molecule has 1 aliphatic rings. The highest BCUT2D eigenvalue weighted by Crippen LogP contribution is 2.29. The number of amides is 1. The van der Waals surface area contributed by atoms with Crippen LogP contribution >= 0.6 is 0 Å². The summed E-state index contributed by atoms with van der Waals surface area (Å²) in [6.07, 6.45) is 2.24. The maximum atomic E-state index is 12.6. The van der Waals surface area contributed by atoms with E-state index in [4.69, 9.17) is 10.5 Å². The lowest BCUT2D eigenvalue weighted by molar-refractivity contribution is -0.135. The lowest BCUT2D eigenvalue weighted by Crippen LogP contribution is -2.49. The molecular weight excluding hydrogens is 290 g/mol. The zero-order valence-electron chi connectivity index (χ0n) is 13.7. The number of H-pyrrole nitrogens is 1. The van der Waals surface area contributed by atoms with E-state index in [0.29, 0.717) is 39.1 Å². The second kappa shape index (κ2) is 6.72. The number of rotatable bonds is 5. The van der Waals surface area contributed by atoms with Crippen LogP contribution in [0.25, 0.3) is 10.9 Å². The number of carbonyl (C=O) groups excluding carboxylic acids is 1. The summed E-state index contributed by atoms with van der Waals surface area (Å²) >= 11 is 0. The fourth-order valence-corrected chi connectivity index (χ4v) is 3.43. The van der Waals surface area contributed by atoms with Crippen LogP contribution in [-0.2, 0) is 16.0 Å². The van der Waals surface area contributed by atoms with E-state index < -0.39 is 5.41 Å². The van der Waals surface area contributed by atoms with Crippen LogP contribution in [0.4, 0.5) is 0 Å². The molecule has 4 N–H and O–H groups in total. The molecule has 0 spiro atoms. The highest BCUT2D eigenvalue weighted by molar-refractivity contribution is 5.85. The molecule has 5 nitrogen and oxygen atoms in total. The average Bonchev–Trinajstić information content (AvgIpc) is 2.91. The molecule has 0 bridgehead atoms. The Hall–Kier alpha value is -1.85. The minimum absolute atomic E-state index is 0.0702. The van der Waals surface area contributed by atoms with Crippen molar-refractivity contribution in [2.45, 2.75) is 26.2 Å². The summed E-state index contributed by atoms with van der Waals surface area (Å²) in [5.74, 6) is 0.0702. The van der Waals surface area contributed by atoms with Crippen molar-refractivity contribution in [3.8, 4) is 0 Å². The SMILES string of the molecule is Cc1[nH]c2ccccc2c1CCNC(=O)C1(CN)CCOCC1. The van der Waals surface area contributed by atoms with Crippen molar-refractivity contribution >= 4 is 16.8 Å². The number of nitrogens with two attached hydrogens (primary N) is 1. The molecule has 5 heteroatoms. The van der Waals surface area contributed by atoms with Gasteiger partial charge in [-0.3, -0.25) is 4.79 Å². The van der Waals surface area contributed by atoms with Crippen LogP contribution in [0.15, 0.2) is 24.3 Å². The van der Waals surface area contributed by atoms with Crippen LogP contribution in [0.3, 0.4) is 0 Å². The van der Waals surface area contributed by atoms with Crippen molar-refractivity contribution in [1.82, 2.24) is 10.3 Å². The van der Waals surface area contributed by atoms with Crippen molar-refractivity contribution in [3.05, 3.63) is 35.5 Å². The molecule has 23 heavy (non-hydrogen) atoms. The Balaban J connectivity index is 1.64. The Morgan fingerprint density at radius 2 is 2.09 bits per heavy atom. The van der Waals surface area contributed by atoms with Crippen LogP contribution in [0.5, 0.6) is 0 Å². The topological polar surface area (TPSA) is 80.1 Å². The Morgan fingerprint density at radius 3 is 2.83 bits per heavy atom. The van der Waals surface area contributed by atoms with Gasteiger partial charge in [0, 0.05) is 42.9 Å². The van der Waals surface area contributed by atoms with Gasteiger partial charge in [-0.25, -0.2) is 0 Å². The zero-order valence-corrected chi connectivity index (χ0v) is 13.7. The van der Waals surface area contributed by atoms with Gasteiger partial charge in [-0.15, -0.1) is 0 Å². The molecule has 2 heterocycles. The van der Waals surface area contributed by atoms with Crippen molar-refractivity contribution in [2.75, 3.05) is 26.3 Å². The van der Waals surface area contributed by atoms with E-state index in [9.17, 15) is 4.79 Å².